The first-order valence-corrected chi connectivity index (χ1v) is 16.7. The van der Waals surface area contributed by atoms with Crippen LogP contribution in [0, 0.1) is 11.8 Å². The molecule has 0 atom stereocenters. The third kappa shape index (κ3) is 8.02. The van der Waals surface area contributed by atoms with Gasteiger partial charge in [0.1, 0.15) is 7.34 Å². The van der Waals surface area contributed by atoms with Crippen molar-refractivity contribution in [2.45, 2.75) is 70.3 Å². The maximum atomic E-state index is 9.80. The predicted octanol–water partition coefficient (Wildman–Crippen LogP) is 1.67. The molecule has 7 N–H and O–H groups in total. The van der Waals surface area contributed by atoms with Crippen molar-refractivity contribution in [3.63, 3.8) is 0 Å². The molecule has 1 aromatic rings. The Kier molecular flexibility index (Phi) is 9.78. The van der Waals surface area contributed by atoms with E-state index in [0.717, 1.165) is 69.7 Å². The van der Waals surface area contributed by atoms with E-state index < -0.39 is 7.34 Å². The van der Waals surface area contributed by atoms with E-state index >= 15 is 0 Å². The van der Waals surface area contributed by atoms with Crippen molar-refractivity contribution in [1.29, 1.82) is 0 Å². The van der Waals surface area contributed by atoms with Gasteiger partial charge in [-0.2, -0.15) is 15.0 Å². The summed E-state index contributed by atoms with van der Waals surface area (Å²) in [6.45, 7) is 7.19. The van der Waals surface area contributed by atoms with Gasteiger partial charge in [0.15, 0.2) is 0 Å². The van der Waals surface area contributed by atoms with Crippen LogP contribution < -0.4 is 26.6 Å². The monoisotopic (exact) mass is 549 g/mol. The molecule has 12 heteroatoms. The highest BCUT2D eigenvalue weighted by molar-refractivity contribution is 7.76. The van der Waals surface area contributed by atoms with Crippen LogP contribution in [0.25, 0.3) is 0 Å². The summed E-state index contributed by atoms with van der Waals surface area (Å²) < 4.78 is 0. The number of hydrogen-bond donors (Lipinski definition) is 6. The topological polar surface area (TPSA) is 148 Å². The third-order valence-electron chi connectivity index (χ3n) is 8.76. The van der Waals surface area contributed by atoms with Crippen molar-refractivity contribution in [3.8, 4) is 0 Å². The summed E-state index contributed by atoms with van der Waals surface area (Å²) in [5.74, 6) is 2.79. The Morgan fingerprint density at radius 3 is 2.16 bits per heavy atom. The number of anilines is 3. The average Bonchev–Trinajstić information content (AvgIpc) is 3.58. The molecular formula is C26H48N9O2P. The number of nitrogens with two attached hydrogens (primary N) is 1. The first-order chi connectivity index (χ1) is 18.5. The minimum atomic E-state index is -2.72. The fourth-order valence-corrected chi connectivity index (χ4v) is 7.82. The van der Waals surface area contributed by atoms with Crippen LogP contribution >= 0.6 is 7.34 Å². The summed E-state index contributed by atoms with van der Waals surface area (Å²) in [4.78, 5) is 37.1. The van der Waals surface area contributed by atoms with E-state index in [9.17, 15) is 9.79 Å². The molecule has 2 saturated carbocycles. The van der Waals surface area contributed by atoms with Gasteiger partial charge in [-0.1, -0.05) is 19.3 Å². The number of nitrogens with zero attached hydrogens (tertiary/aromatic N) is 5. The van der Waals surface area contributed by atoms with E-state index in [1.165, 1.54) is 64.2 Å². The van der Waals surface area contributed by atoms with Gasteiger partial charge in [0.05, 0.1) is 11.6 Å². The molecule has 0 bridgehead atoms. The normalized spacial score (nSPS) is 26.5. The highest BCUT2D eigenvalue weighted by Crippen LogP contribution is 2.54. The lowest BCUT2D eigenvalue weighted by Crippen LogP contribution is -2.47. The van der Waals surface area contributed by atoms with E-state index in [-0.39, 0.29) is 5.95 Å². The number of aromatic nitrogens is 3. The summed E-state index contributed by atoms with van der Waals surface area (Å²) >= 11 is 0. The molecule has 38 heavy (non-hydrogen) atoms. The minimum Gasteiger partial charge on any atom is -0.368 e. The molecule has 0 aromatic carbocycles. The fraction of sp³-hybridized carbons (Fsp3) is 0.846. The summed E-state index contributed by atoms with van der Waals surface area (Å²) in [6, 6.07) is 0.766. The summed E-state index contributed by atoms with van der Waals surface area (Å²) in [7, 11) is -2.72. The largest absolute Gasteiger partial charge is 0.368 e. The lowest BCUT2D eigenvalue weighted by molar-refractivity contribution is 0.275. The van der Waals surface area contributed by atoms with Crippen LogP contribution in [-0.2, 0) is 0 Å². The van der Waals surface area contributed by atoms with Crippen LogP contribution in [0.5, 0.6) is 0 Å². The lowest BCUT2D eigenvalue weighted by atomic mass is 9.82. The molecule has 2 aliphatic heterocycles. The van der Waals surface area contributed by atoms with Crippen molar-refractivity contribution < 1.29 is 9.79 Å². The van der Waals surface area contributed by atoms with Gasteiger partial charge < -0.3 is 36.4 Å². The van der Waals surface area contributed by atoms with Gasteiger partial charge in [-0.15, -0.1) is 0 Å². The number of rotatable bonds is 12. The Labute approximate surface area is 227 Å². The van der Waals surface area contributed by atoms with E-state index in [1.54, 1.807) is 0 Å². The van der Waals surface area contributed by atoms with Crippen LogP contribution in [0.15, 0.2) is 0 Å². The molecule has 5 rings (SSSR count). The van der Waals surface area contributed by atoms with Gasteiger partial charge in [-0.3, -0.25) is 4.90 Å². The van der Waals surface area contributed by atoms with Gasteiger partial charge in [-0.25, -0.2) is 0 Å². The number of piperazine rings is 1. The van der Waals surface area contributed by atoms with Crippen LogP contribution in [0.3, 0.4) is 0 Å². The van der Waals surface area contributed by atoms with E-state index in [4.69, 9.17) is 5.73 Å². The number of nitrogens with one attached hydrogen (secondary N) is 3. The molecule has 11 nitrogen and oxygen atoms in total. The Balaban J connectivity index is 0.963. The van der Waals surface area contributed by atoms with Crippen molar-refractivity contribution in [2.24, 2.45) is 11.8 Å². The van der Waals surface area contributed by atoms with Gasteiger partial charge >= 0.3 is 0 Å². The number of hydrogen-bond acceptors (Lipinski definition) is 11. The first kappa shape index (κ1) is 28.1. The summed E-state index contributed by atoms with van der Waals surface area (Å²) in [6.07, 6.45) is 13.6. The summed E-state index contributed by atoms with van der Waals surface area (Å²) in [5, 5.41) is 10.9. The fourth-order valence-electron chi connectivity index (χ4n) is 6.26. The zero-order valence-electron chi connectivity index (χ0n) is 22.8. The molecule has 1 saturated heterocycles. The zero-order valence-corrected chi connectivity index (χ0v) is 23.7. The molecule has 0 amide bonds. The average molecular weight is 550 g/mol. The Bertz CT molecular complexity index is 952. The smallest absolute Gasteiger partial charge is 0.232 e. The van der Waals surface area contributed by atoms with E-state index in [0.29, 0.717) is 24.0 Å². The van der Waals surface area contributed by atoms with Gasteiger partial charge in [0.2, 0.25) is 17.8 Å². The highest BCUT2D eigenvalue weighted by atomic mass is 31.2. The molecule has 214 valence electrons. The maximum Gasteiger partial charge on any atom is 0.232 e. The van der Waals surface area contributed by atoms with Crippen molar-refractivity contribution in [3.05, 3.63) is 0 Å². The standard InChI is InChI=1S/C26H48N9O2P/c27-24-31-25(33-26(32-24)35-15-13-34(14-16-35)23-19-38(23,36)37)30-18-21-9-7-20(8-10-21)17-28-11-4-12-29-22-5-2-1-3-6-22/h20-22,28-29,36-37H,1-19H2,(H3,27,30,31,32,33). The van der Waals surface area contributed by atoms with Gasteiger partial charge in [0, 0.05) is 38.8 Å². The highest BCUT2D eigenvalue weighted by Gasteiger charge is 2.39. The van der Waals surface area contributed by atoms with Gasteiger partial charge in [-0.05, 0) is 76.4 Å². The maximum absolute atomic E-state index is 9.80. The van der Waals surface area contributed by atoms with Crippen molar-refractivity contribution in [2.75, 3.05) is 74.5 Å². The predicted molar refractivity (Wildman–Crippen MR) is 156 cm³/mol. The first-order valence-electron chi connectivity index (χ1n) is 14.9. The molecule has 2 aliphatic carbocycles. The Morgan fingerprint density at radius 2 is 1.47 bits per heavy atom. The zero-order chi connectivity index (χ0) is 26.4. The lowest BCUT2D eigenvalue weighted by Gasteiger charge is -2.33. The number of nitrogen functional groups attached to an aromatic ring is 1. The van der Waals surface area contributed by atoms with Crippen molar-refractivity contribution in [1.82, 2.24) is 30.5 Å². The molecule has 3 heterocycles. The van der Waals surface area contributed by atoms with Gasteiger partial charge in [0.25, 0.3) is 0 Å². The minimum absolute atomic E-state index is 0.232. The second-order valence-corrected chi connectivity index (χ2v) is 14.0. The molecule has 0 radical (unpaired) electrons. The molecule has 0 unspecified atom stereocenters. The molecule has 3 fully saturated rings. The van der Waals surface area contributed by atoms with Crippen molar-refractivity contribution >= 4 is 30.6 Å². The Morgan fingerprint density at radius 1 is 0.816 bits per heavy atom. The Hall–Kier alpha value is -1.49. The molecular weight excluding hydrogens is 501 g/mol. The third-order valence-corrected chi connectivity index (χ3v) is 10.4. The molecule has 4 aliphatic rings. The second kappa shape index (κ2) is 13.2. The molecule has 0 spiro atoms. The quantitative estimate of drug-likeness (QED) is 0.167. The summed E-state index contributed by atoms with van der Waals surface area (Å²) in [5.41, 5.74) is 6.83. The van der Waals surface area contributed by atoms with E-state index in [2.05, 4.69) is 40.7 Å². The molecule has 1 aromatic heterocycles. The van der Waals surface area contributed by atoms with E-state index in [1.807, 2.05) is 0 Å². The SMILES string of the molecule is Nc1nc(NCC2CCC(CNCCCNC3CCCCC3)CC2)nc(N2CCN(C3=P(O)(O)C3)CC2)n1. The van der Waals surface area contributed by atoms with Crippen LogP contribution in [0.1, 0.15) is 64.2 Å². The van der Waals surface area contributed by atoms with Crippen LogP contribution in [-0.4, -0.2) is 99.6 Å². The van der Waals surface area contributed by atoms with Crippen LogP contribution in [0.2, 0.25) is 0 Å². The second-order valence-electron chi connectivity index (χ2n) is 11.7. The van der Waals surface area contributed by atoms with Crippen LogP contribution in [0.4, 0.5) is 17.8 Å².